The molecule has 0 amide bonds. The van der Waals surface area contributed by atoms with Crippen molar-refractivity contribution in [1.82, 2.24) is 5.32 Å². The van der Waals surface area contributed by atoms with E-state index in [0.29, 0.717) is 0 Å². The molecule has 0 saturated carbocycles. The number of hydrogen-bond donors (Lipinski definition) is 2. The van der Waals surface area contributed by atoms with E-state index >= 15 is 0 Å². The molecule has 0 aliphatic rings. The third-order valence-electron chi connectivity index (χ3n) is 2.88. The van der Waals surface area contributed by atoms with Gasteiger partial charge in [-0.2, -0.15) is 0 Å². The van der Waals surface area contributed by atoms with Crippen LogP contribution in [0.3, 0.4) is 0 Å². The van der Waals surface area contributed by atoms with Crippen LogP contribution in [-0.4, -0.2) is 12.7 Å². The first-order chi connectivity index (χ1) is 7.31. The Bertz CT molecular complexity index is 115. The largest absolute Gasteiger partial charge is 0.316 e. The van der Waals surface area contributed by atoms with Crippen molar-refractivity contribution in [2.24, 2.45) is 5.73 Å². The highest BCUT2D eigenvalue weighted by molar-refractivity contribution is 4.55. The molecule has 2 nitrogen and oxygen atoms in total. The molecule has 0 aliphatic heterocycles. The fraction of sp³-hybridized carbons (Fsp3) is 1.00. The van der Waals surface area contributed by atoms with Gasteiger partial charge in [0, 0.05) is 0 Å². The fourth-order valence-corrected chi connectivity index (χ4v) is 1.69. The summed E-state index contributed by atoms with van der Waals surface area (Å²) in [5.41, 5.74) is 5.76. The van der Waals surface area contributed by atoms with Crippen molar-refractivity contribution in [3.63, 3.8) is 0 Å². The van der Waals surface area contributed by atoms with E-state index in [-0.39, 0.29) is 6.17 Å². The van der Waals surface area contributed by atoms with Gasteiger partial charge in [0.1, 0.15) is 0 Å². The molecule has 1 unspecified atom stereocenters. The molecular weight excluding hydrogens is 184 g/mol. The van der Waals surface area contributed by atoms with Crippen molar-refractivity contribution < 1.29 is 0 Å². The first-order valence-corrected chi connectivity index (χ1v) is 6.80. The molecule has 92 valence electrons. The Labute approximate surface area is 96.0 Å². The second kappa shape index (κ2) is 12.0. The van der Waals surface area contributed by atoms with Gasteiger partial charge in [-0.3, -0.25) is 0 Å². The van der Waals surface area contributed by atoms with Crippen molar-refractivity contribution in [3.8, 4) is 0 Å². The normalized spacial score (nSPS) is 13.0. The van der Waals surface area contributed by atoms with Gasteiger partial charge in [0.2, 0.25) is 0 Å². The van der Waals surface area contributed by atoms with Gasteiger partial charge in [-0.05, 0) is 19.4 Å². The summed E-state index contributed by atoms with van der Waals surface area (Å²) < 4.78 is 0. The minimum absolute atomic E-state index is 0.203. The molecule has 1 atom stereocenters. The monoisotopic (exact) mass is 214 g/mol. The summed E-state index contributed by atoms with van der Waals surface area (Å²) >= 11 is 0. The highest BCUT2D eigenvalue weighted by atomic mass is 15.0. The molecule has 0 fully saturated rings. The lowest BCUT2D eigenvalue weighted by atomic mass is 10.1. The molecule has 2 heteroatoms. The summed E-state index contributed by atoms with van der Waals surface area (Å²) in [5, 5.41) is 3.32. The van der Waals surface area contributed by atoms with Crippen LogP contribution in [0.1, 0.15) is 71.6 Å². The van der Waals surface area contributed by atoms with Gasteiger partial charge in [0.25, 0.3) is 0 Å². The Morgan fingerprint density at radius 1 is 0.867 bits per heavy atom. The van der Waals surface area contributed by atoms with Gasteiger partial charge < -0.3 is 11.1 Å². The van der Waals surface area contributed by atoms with Gasteiger partial charge in [-0.1, -0.05) is 58.8 Å². The van der Waals surface area contributed by atoms with Crippen LogP contribution in [0, 0.1) is 0 Å². The molecule has 0 saturated heterocycles. The Morgan fingerprint density at radius 2 is 1.40 bits per heavy atom. The van der Waals surface area contributed by atoms with E-state index < -0.39 is 0 Å². The second-order valence-corrected chi connectivity index (χ2v) is 4.44. The van der Waals surface area contributed by atoms with Gasteiger partial charge in [0.05, 0.1) is 6.17 Å². The van der Waals surface area contributed by atoms with E-state index in [1.807, 2.05) is 0 Å². The zero-order valence-corrected chi connectivity index (χ0v) is 10.7. The van der Waals surface area contributed by atoms with E-state index in [2.05, 4.69) is 19.2 Å². The molecule has 0 aromatic carbocycles. The minimum atomic E-state index is 0.203. The first kappa shape index (κ1) is 14.9. The van der Waals surface area contributed by atoms with E-state index in [9.17, 15) is 0 Å². The quantitative estimate of drug-likeness (QED) is 0.408. The van der Waals surface area contributed by atoms with E-state index in [1.165, 1.54) is 51.4 Å². The van der Waals surface area contributed by atoms with Crippen LogP contribution in [0.4, 0.5) is 0 Å². The maximum absolute atomic E-state index is 5.76. The average Bonchev–Trinajstić information content (AvgIpc) is 2.26. The lowest BCUT2D eigenvalue weighted by Crippen LogP contribution is -2.37. The van der Waals surface area contributed by atoms with Crippen molar-refractivity contribution >= 4 is 0 Å². The number of unbranched alkanes of at least 4 members (excludes halogenated alkanes) is 7. The summed E-state index contributed by atoms with van der Waals surface area (Å²) in [5.74, 6) is 0. The number of nitrogens with two attached hydrogens (primary N) is 1. The zero-order chi connectivity index (χ0) is 11.4. The van der Waals surface area contributed by atoms with Crippen LogP contribution in [0.15, 0.2) is 0 Å². The summed E-state index contributed by atoms with van der Waals surface area (Å²) in [4.78, 5) is 0. The van der Waals surface area contributed by atoms with Gasteiger partial charge in [-0.25, -0.2) is 0 Å². The van der Waals surface area contributed by atoms with Crippen LogP contribution in [-0.2, 0) is 0 Å². The Balaban J connectivity index is 2.92. The van der Waals surface area contributed by atoms with Crippen molar-refractivity contribution in [2.45, 2.75) is 77.8 Å². The van der Waals surface area contributed by atoms with Crippen LogP contribution < -0.4 is 11.1 Å². The average molecular weight is 214 g/mol. The Hall–Kier alpha value is -0.0800. The summed E-state index contributed by atoms with van der Waals surface area (Å²) in [6.07, 6.45) is 12.3. The van der Waals surface area contributed by atoms with E-state index in [4.69, 9.17) is 5.73 Å². The molecular formula is C13H30N2. The molecule has 0 aromatic rings. The maximum atomic E-state index is 5.76. The Morgan fingerprint density at radius 3 is 1.93 bits per heavy atom. The zero-order valence-electron chi connectivity index (χ0n) is 10.7. The van der Waals surface area contributed by atoms with Crippen LogP contribution in [0.2, 0.25) is 0 Å². The van der Waals surface area contributed by atoms with Crippen LogP contribution in [0.5, 0.6) is 0 Å². The summed E-state index contributed by atoms with van der Waals surface area (Å²) in [6.45, 7) is 5.47. The molecule has 0 spiro atoms. The molecule has 3 N–H and O–H groups in total. The first-order valence-electron chi connectivity index (χ1n) is 6.80. The third kappa shape index (κ3) is 11.8. The molecule has 0 radical (unpaired) electrons. The number of rotatable bonds is 11. The van der Waals surface area contributed by atoms with Gasteiger partial charge in [0.15, 0.2) is 0 Å². The summed E-state index contributed by atoms with van der Waals surface area (Å²) in [7, 11) is 0. The fourth-order valence-electron chi connectivity index (χ4n) is 1.69. The molecule has 0 aromatic heterocycles. The summed E-state index contributed by atoms with van der Waals surface area (Å²) in [6, 6.07) is 0. The smallest absolute Gasteiger partial charge is 0.0543 e. The lowest BCUT2D eigenvalue weighted by molar-refractivity contribution is 0.487. The third-order valence-corrected chi connectivity index (χ3v) is 2.88. The lowest BCUT2D eigenvalue weighted by Gasteiger charge is -2.10. The second-order valence-electron chi connectivity index (χ2n) is 4.44. The predicted molar refractivity (Wildman–Crippen MR) is 68.9 cm³/mol. The van der Waals surface area contributed by atoms with E-state index in [1.54, 1.807) is 0 Å². The Kier molecular flexibility index (Phi) is 11.9. The van der Waals surface area contributed by atoms with Crippen molar-refractivity contribution in [2.75, 3.05) is 6.54 Å². The van der Waals surface area contributed by atoms with Crippen molar-refractivity contribution in [1.29, 1.82) is 0 Å². The highest BCUT2D eigenvalue weighted by Gasteiger charge is 1.96. The predicted octanol–water partition coefficient (Wildman–Crippen LogP) is 3.41. The highest BCUT2D eigenvalue weighted by Crippen LogP contribution is 2.07. The van der Waals surface area contributed by atoms with Crippen LogP contribution >= 0.6 is 0 Å². The number of hydrogen-bond acceptors (Lipinski definition) is 2. The molecule has 0 bridgehead atoms. The standard InChI is InChI=1S/C13H30N2/c1-3-5-6-7-8-9-10-11-12-15-13(14)4-2/h13,15H,3-12,14H2,1-2H3. The topological polar surface area (TPSA) is 38.0 Å². The SMILES string of the molecule is CCCCCCCCCCNC(N)CC. The molecule has 15 heavy (non-hydrogen) atoms. The van der Waals surface area contributed by atoms with Crippen LogP contribution in [0.25, 0.3) is 0 Å². The molecule has 0 heterocycles. The van der Waals surface area contributed by atoms with Gasteiger partial charge in [-0.15, -0.1) is 0 Å². The number of nitrogens with one attached hydrogen (secondary N) is 1. The maximum Gasteiger partial charge on any atom is 0.0543 e. The molecule has 0 aliphatic carbocycles. The molecule has 0 rings (SSSR count). The van der Waals surface area contributed by atoms with E-state index in [0.717, 1.165) is 13.0 Å². The minimum Gasteiger partial charge on any atom is -0.316 e. The van der Waals surface area contributed by atoms with Crippen molar-refractivity contribution in [3.05, 3.63) is 0 Å². The van der Waals surface area contributed by atoms with Gasteiger partial charge >= 0.3 is 0 Å².